The van der Waals surface area contributed by atoms with Crippen molar-refractivity contribution < 1.29 is 9.53 Å². The first kappa shape index (κ1) is 18.4. The lowest BCUT2D eigenvalue weighted by atomic mass is 10.1. The molecule has 0 aromatic rings. The van der Waals surface area contributed by atoms with Crippen LogP contribution < -0.4 is 5.32 Å². The van der Waals surface area contributed by atoms with E-state index in [1.807, 2.05) is 6.92 Å². The molecule has 1 N–H and O–H groups in total. The molecule has 0 atom stereocenters. The summed E-state index contributed by atoms with van der Waals surface area (Å²) < 4.78 is 4.84. The van der Waals surface area contributed by atoms with E-state index < -0.39 is 0 Å². The van der Waals surface area contributed by atoms with Gasteiger partial charge in [0.2, 0.25) is 0 Å². The van der Waals surface area contributed by atoms with Crippen LogP contribution in [0, 0.1) is 0 Å². The summed E-state index contributed by atoms with van der Waals surface area (Å²) in [6.45, 7) is 5.84. The average Bonchev–Trinajstić information content (AvgIpc) is 2.40. The Hall–Kier alpha value is -0.570. The summed E-state index contributed by atoms with van der Waals surface area (Å²) in [6.07, 6.45) is 13.5. The summed E-state index contributed by atoms with van der Waals surface area (Å²) in [7, 11) is 0. The molecule has 0 aromatic heterocycles. The van der Waals surface area contributed by atoms with Gasteiger partial charge in [-0.3, -0.25) is 4.79 Å². The van der Waals surface area contributed by atoms with Gasteiger partial charge in [0, 0.05) is 0 Å². The monoisotopic (exact) mass is 271 g/mol. The van der Waals surface area contributed by atoms with Crippen LogP contribution in [0.15, 0.2) is 0 Å². The highest BCUT2D eigenvalue weighted by Crippen LogP contribution is 2.10. The number of ether oxygens (including phenoxy) is 1. The summed E-state index contributed by atoms with van der Waals surface area (Å²) in [6, 6.07) is 0. The first-order valence-corrected chi connectivity index (χ1v) is 8.17. The van der Waals surface area contributed by atoms with Gasteiger partial charge in [0.05, 0.1) is 13.2 Å². The minimum absolute atomic E-state index is 0.144. The molecule has 0 unspecified atom stereocenters. The minimum Gasteiger partial charge on any atom is -0.465 e. The second-order valence-corrected chi connectivity index (χ2v) is 5.16. The highest BCUT2D eigenvalue weighted by atomic mass is 16.5. The Bertz CT molecular complexity index is 195. The molecule has 3 heteroatoms. The van der Waals surface area contributed by atoms with Crippen LogP contribution in [0.4, 0.5) is 0 Å². The van der Waals surface area contributed by atoms with E-state index in [-0.39, 0.29) is 5.97 Å². The number of carbonyl (C=O) groups excluding carboxylic acids is 1. The Kier molecular flexibility index (Phi) is 15.0. The van der Waals surface area contributed by atoms with Crippen molar-refractivity contribution in [3.8, 4) is 0 Å². The predicted octanol–water partition coefficient (Wildman–Crippen LogP) is 4.06. The van der Waals surface area contributed by atoms with E-state index in [1.54, 1.807) is 0 Å². The molecule has 0 fully saturated rings. The van der Waals surface area contributed by atoms with Crippen LogP contribution in [0.3, 0.4) is 0 Å². The third kappa shape index (κ3) is 15.4. The normalized spacial score (nSPS) is 10.6. The molecule has 0 heterocycles. The Morgan fingerprint density at radius 2 is 1.37 bits per heavy atom. The van der Waals surface area contributed by atoms with Gasteiger partial charge in [-0.2, -0.15) is 0 Å². The number of hydrogen-bond acceptors (Lipinski definition) is 3. The van der Waals surface area contributed by atoms with Crippen molar-refractivity contribution in [3.63, 3.8) is 0 Å². The number of unbranched alkanes of at least 4 members (excludes halogenated alkanes) is 9. The summed E-state index contributed by atoms with van der Waals surface area (Å²) in [5, 5.41) is 3.12. The molecule has 19 heavy (non-hydrogen) atoms. The van der Waals surface area contributed by atoms with Crippen LogP contribution >= 0.6 is 0 Å². The Balaban J connectivity index is 3.01. The summed E-state index contributed by atoms with van der Waals surface area (Å²) in [5.74, 6) is -0.144. The molecule has 0 rings (SSSR count). The van der Waals surface area contributed by atoms with E-state index in [4.69, 9.17) is 4.74 Å². The predicted molar refractivity (Wildman–Crippen MR) is 81.3 cm³/mol. The molecule has 0 amide bonds. The fourth-order valence-corrected chi connectivity index (χ4v) is 2.14. The third-order valence-electron chi connectivity index (χ3n) is 3.28. The van der Waals surface area contributed by atoms with Crippen molar-refractivity contribution in [1.29, 1.82) is 0 Å². The van der Waals surface area contributed by atoms with Crippen molar-refractivity contribution in [2.24, 2.45) is 0 Å². The van der Waals surface area contributed by atoms with E-state index in [2.05, 4.69) is 12.2 Å². The molecular weight excluding hydrogens is 238 g/mol. The van der Waals surface area contributed by atoms with Crippen LogP contribution in [-0.2, 0) is 9.53 Å². The highest BCUT2D eigenvalue weighted by molar-refractivity contribution is 5.71. The number of esters is 1. The third-order valence-corrected chi connectivity index (χ3v) is 3.28. The number of nitrogens with one attached hydrogen (secondary N) is 1. The second-order valence-electron chi connectivity index (χ2n) is 5.16. The van der Waals surface area contributed by atoms with Gasteiger partial charge in [0.15, 0.2) is 0 Å². The summed E-state index contributed by atoms with van der Waals surface area (Å²) in [4.78, 5) is 11.0. The molecule has 0 aliphatic heterocycles. The Morgan fingerprint density at radius 1 is 0.842 bits per heavy atom. The van der Waals surface area contributed by atoms with Gasteiger partial charge in [-0.05, 0) is 19.9 Å². The van der Waals surface area contributed by atoms with Crippen molar-refractivity contribution in [2.45, 2.75) is 78.1 Å². The molecule has 0 spiro atoms. The fraction of sp³-hybridized carbons (Fsp3) is 0.938. The van der Waals surface area contributed by atoms with Gasteiger partial charge in [-0.1, -0.05) is 64.7 Å². The van der Waals surface area contributed by atoms with Crippen LogP contribution in [0.25, 0.3) is 0 Å². The zero-order valence-electron chi connectivity index (χ0n) is 13.0. The molecule has 0 bridgehead atoms. The second kappa shape index (κ2) is 15.5. The van der Waals surface area contributed by atoms with Gasteiger partial charge in [0.25, 0.3) is 0 Å². The van der Waals surface area contributed by atoms with E-state index >= 15 is 0 Å². The van der Waals surface area contributed by atoms with Crippen LogP contribution in [0.1, 0.15) is 78.1 Å². The lowest BCUT2D eigenvalue weighted by Crippen LogP contribution is -2.25. The van der Waals surface area contributed by atoms with Crippen molar-refractivity contribution in [3.05, 3.63) is 0 Å². The smallest absolute Gasteiger partial charge is 0.319 e. The molecule has 0 saturated heterocycles. The molecule has 3 nitrogen and oxygen atoms in total. The van der Waals surface area contributed by atoms with Gasteiger partial charge in [0.1, 0.15) is 0 Å². The zero-order chi connectivity index (χ0) is 14.2. The largest absolute Gasteiger partial charge is 0.465 e. The topological polar surface area (TPSA) is 38.3 Å². The number of carbonyl (C=O) groups is 1. The molecular formula is C16H33NO2. The van der Waals surface area contributed by atoms with Crippen LogP contribution in [0.2, 0.25) is 0 Å². The van der Waals surface area contributed by atoms with Crippen molar-refractivity contribution in [1.82, 2.24) is 5.32 Å². The van der Waals surface area contributed by atoms with Crippen molar-refractivity contribution >= 4 is 5.97 Å². The van der Waals surface area contributed by atoms with Gasteiger partial charge < -0.3 is 10.1 Å². The average molecular weight is 271 g/mol. The van der Waals surface area contributed by atoms with E-state index in [0.29, 0.717) is 13.2 Å². The maximum Gasteiger partial charge on any atom is 0.319 e. The molecule has 0 aliphatic rings. The first-order chi connectivity index (χ1) is 9.31. The molecule has 0 saturated carbocycles. The Morgan fingerprint density at radius 3 is 1.89 bits per heavy atom. The van der Waals surface area contributed by atoms with Crippen LogP contribution in [-0.4, -0.2) is 25.7 Å². The summed E-state index contributed by atoms with van der Waals surface area (Å²) >= 11 is 0. The first-order valence-electron chi connectivity index (χ1n) is 8.17. The standard InChI is InChI=1S/C16H33NO2/c1-3-5-6-7-8-9-10-11-12-13-14-17-15-16(18)19-4-2/h17H,3-15H2,1-2H3. The maximum atomic E-state index is 11.0. The molecule has 0 aromatic carbocycles. The Labute approximate surface area is 119 Å². The summed E-state index contributed by atoms with van der Waals surface area (Å²) in [5.41, 5.74) is 0. The highest BCUT2D eigenvalue weighted by Gasteiger charge is 1.99. The SMILES string of the molecule is CCCCCCCCCCCCNCC(=O)OCC. The van der Waals surface area contributed by atoms with Gasteiger partial charge in [-0.25, -0.2) is 0 Å². The van der Waals surface area contributed by atoms with E-state index in [0.717, 1.165) is 13.0 Å². The number of hydrogen-bond donors (Lipinski definition) is 1. The van der Waals surface area contributed by atoms with Crippen LogP contribution in [0.5, 0.6) is 0 Å². The number of rotatable bonds is 14. The van der Waals surface area contributed by atoms with E-state index in [9.17, 15) is 4.79 Å². The molecule has 0 aliphatic carbocycles. The minimum atomic E-state index is -0.144. The van der Waals surface area contributed by atoms with E-state index in [1.165, 1.54) is 57.8 Å². The fourth-order valence-electron chi connectivity index (χ4n) is 2.14. The molecule has 0 radical (unpaired) electrons. The zero-order valence-corrected chi connectivity index (χ0v) is 13.0. The molecule has 114 valence electrons. The van der Waals surface area contributed by atoms with Gasteiger partial charge in [-0.15, -0.1) is 0 Å². The quantitative estimate of drug-likeness (QED) is 0.382. The van der Waals surface area contributed by atoms with Crippen molar-refractivity contribution in [2.75, 3.05) is 19.7 Å². The van der Waals surface area contributed by atoms with Gasteiger partial charge >= 0.3 is 5.97 Å². The lowest BCUT2D eigenvalue weighted by molar-refractivity contribution is -0.141. The maximum absolute atomic E-state index is 11.0. The lowest BCUT2D eigenvalue weighted by Gasteiger charge is -2.05.